The lowest BCUT2D eigenvalue weighted by Gasteiger charge is -2.21. The van der Waals surface area contributed by atoms with E-state index < -0.39 is 42.3 Å². The molecule has 1 aliphatic heterocycles. The van der Waals surface area contributed by atoms with Crippen molar-refractivity contribution in [2.24, 2.45) is 0 Å². The summed E-state index contributed by atoms with van der Waals surface area (Å²) >= 11 is 0. The summed E-state index contributed by atoms with van der Waals surface area (Å²) in [5.74, 6) is -1.15. The lowest BCUT2D eigenvalue weighted by molar-refractivity contribution is -0.144. The molecular weight excluding hydrogens is 356 g/mol. The van der Waals surface area contributed by atoms with Crippen LogP contribution in [0.5, 0.6) is 0 Å². The zero-order valence-corrected chi connectivity index (χ0v) is 16.0. The second-order valence-corrected chi connectivity index (χ2v) is 6.38. The molecule has 0 aromatic heterocycles. The number of Topliss-reactive ketones (excluding diaryl/α,β-unsaturated/α-hetero) is 1. The number of cyclic esters (lactones) is 1. The van der Waals surface area contributed by atoms with Crippen LogP contribution in [-0.2, 0) is 23.8 Å². The van der Waals surface area contributed by atoms with Crippen LogP contribution in [0.3, 0.4) is 0 Å². The normalized spacial score (nSPS) is 23.7. The fourth-order valence-electron chi connectivity index (χ4n) is 2.55. The zero-order valence-electron chi connectivity index (χ0n) is 16.0. The minimum Gasteiger partial charge on any atom is -0.495 e. The number of hydrogen-bond donors (Lipinski definition) is 3. The van der Waals surface area contributed by atoms with Gasteiger partial charge in [-0.1, -0.05) is 18.2 Å². The fourth-order valence-corrected chi connectivity index (χ4v) is 2.55. The molecule has 8 nitrogen and oxygen atoms in total. The molecule has 0 radical (unpaired) electrons. The standard InChI is InChI=1S/C19H28O8/c1-5-6-7-8-19(3)17(25-4)16(18(24)27-19)13(21)9-12(2)26-11-15(23)14(22)10-20/h5-8,12,14-15,20,22-23H,9-11H2,1-4H3/b6-5+,8-7+/t12?,14-,15-,19?/m0/s1. The Hall–Kier alpha value is -2.00. The van der Waals surface area contributed by atoms with Crippen molar-refractivity contribution < 1.29 is 39.1 Å². The predicted molar refractivity (Wildman–Crippen MR) is 96.6 cm³/mol. The van der Waals surface area contributed by atoms with Gasteiger partial charge in [-0.05, 0) is 26.8 Å². The quantitative estimate of drug-likeness (QED) is 0.266. The molecule has 27 heavy (non-hydrogen) atoms. The molecule has 1 aliphatic rings. The van der Waals surface area contributed by atoms with Crippen LogP contribution in [0.1, 0.15) is 27.2 Å². The maximum Gasteiger partial charge on any atom is 0.346 e. The first-order valence-corrected chi connectivity index (χ1v) is 8.64. The number of aliphatic hydroxyl groups is 3. The molecule has 0 amide bonds. The van der Waals surface area contributed by atoms with Gasteiger partial charge in [-0.2, -0.15) is 0 Å². The van der Waals surface area contributed by atoms with E-state index >= 15 is 0 Å². The molecule has 0 aromatic carbocycles. The molecule has 3 N–H and O–H groups in total. The molecule has 0 saturated heterocycles. The third kappa shape index (κ3) is 6.00. The van der Waals surface area contributed by atoms with Crippen LogP contribution >= 0.6 is 0 Å². The Bertz CT molecular complexity index is 621. The first-order valence-electron chi connectivity index (χ1n) is 8.64. The Morgan fingerprint density at radius 2 is 1.96 bits per heavy atom. The number of allylic oxidation sites excluding steroid dienone is 3. The number of ketones is 1. The Morgan fingerprint density at radius 1 is 1.30 bits per heavy atom. The van der Waals surface area contributed by atoms with Crippen LogP contribution in [0.2, 0.25) is 0 Å². The lowest BCUT2D eigenvalue weighted by Crippen LogP contribution is -2.34. The third-order valence-corrected chi connectivity index (χ3v) is 4.04. The molecule has 4 atom stereocenters. The average Bonchev–Trinajstić information content (AvgIpc) is 2.88. The van der Waals surface area contributed by atoms with Gasteiger partial charge in [-0.3, -0.25) is 4.79 Å². The van der Waals surface area contributed by atoms with E-state index in [0.29, 0.717) is 0 Å². The van der Waals surface area contributed by atoms with Crippen molar-refractivity contribution in [1.29, 1.82) is 0 Å². The van der Waals surface area contributed by atoms with Crippen molar-refractivity contribution in [1.82, 2.24) is 0 Å². The highest BCUT2D eigenvalue weighted by atomic mass is 16.6. The monoisotopic (exact) mass is 384 g/mol. The summed E-state index contributed by atoms with van der Waals surface area (Å²) < 4.78 is 15.9. The number of esters is 1. The molecule has 0 bridgehead atoms. The summed E-state index contributed by atoms with van der Waals surface area (Å²) in [6.07, 6.45) is 3.49. The average molecular weight is 384 g/mol. The first kappa shape index (κ1) is 23.0. The molecule has 8 heteroatoms. The van der Waals surface area contributed by atoms with Crippen LogP contribution in [0.25, 0.3) is 0 Å². The van der Waals surface area contributed by atoms with Gasteiger partial charge < -0.3 is 29.5 Å². The second kappa shape index (κ2) is 10.4. The van der Waals surface area contributed by atoms with Crippen LogP contribution < -0.4 is 0 Å². The minimum absolute atomic E-state index is 0.126. The van der Waals surface area contributed by atoms with Gasteiger partial charge >= 0.3 is 5.97 Å². The van der Waals surface area contributed by atoms with Gasteiger partial charge in [0.2, 0.25) is 0 Å². The van der Waals surface area contributed by atoms with Crippen LogP contribution in [-0.4, -0.2) is 71.3 Å². The van der Waals surface area contributed by atoms with Crippen LogP contribution in [0, 0.1) is 0 Å². The number of aliphatic hydroxyl groups excluding tert-OH is 3. The molecule has 0 aromatic rings. The van der Waals surface area contributed by atoms with E-state index in [0.717, 1.165) is 0 Å². The van der Waals surface area contributed by atoms with Gasteiger partial charge in [-0.25, -0.2) is 4.79 Å². The maximum atomic E-state index is 12.6. The number of hydrogen-bond acceptors (Lipinski definition) is 8. The van der Waals surface area contributed by atoms with Gasteiger partial charge in [0.25, 0.3) is 0 Å². The predicted octanol–water partition coefficient (Wildman–Crippen LogP) is 0.413. The van der Waals surface area contributed by atoms with E-state index in [1.165, 1.54) is 7.11 Å². The van der Waals surface area contributed by atoms with Gasteiger partial charge in [0, 0.05) is 6.42 Å². The highest BCUT2D eigenvalue weighted by Crippen LogP contribution is 2.35. The molecule has 0 spiro atoms. The highest BCUT2D eigenvalue weighted by Gasteiger charge is 2.46. The Morgan fingerprint density at radius 3 is 2.52 bits per heavy atom. The second-order valence-electron chi connectivity index (χ2n) is 6.38. The number of rotatable bonds is 11. The van der Waals surface area contributed by atoms with Gasteiger partial charge in [0.05, 0.1) is 26.4 Å². The zero-order chi connectivity index (χ0) is 20.6. The highest BCUT2D eigenvalue weighted by molar-refractivity contribution is 6.19. The molecule has 2 unspecified atom stereocenters. The van der Waals surface area contributed by atoms with E-state index in [2.05, 4.69) is 0 Å². The van der Waals surface area contributed by atoms with E-state index in [1.807, 2.05) is 6.92 Å². The SMILES string of the molecule is C/C=C/C=C/C1(C)OC(=O)C(C(=O)CC(C)OC[C@H](O)[C@@H](O)CO)=C1OC. The van der Waals surface area contributed by atoms with Crippen molar-refractivity contribution in [3.05, 3.63) is 35.6 Å². The fraction of sp³-hybridized carbons (Fsp3) is 0.579. The molecule has 0 fully saturated rings. The summed E-state index contributed by atoms with van der Waals surface area (Å²) in [4.78, 5) is 24.8. The van der Waals surface area contributed by atoms with E-state index in [-0.39, 0.29) is 24.4 Å². The summed E-state index contributed by atoms with van der Waals surface area (Å²) in [6.45, 7) is 4.19. The smallest absolute Gasteiger partial charge is 0.346 e. The number of methoxy groups -OCH3 is 1. The van der Waals surface area contributed by atoms with Crippen molar-refractivity contribution in [3.63, 3.8) is 0 Å². The van der Waals surface area contributed by atoms with Crippen molar-refractivity contribution in [2.45, 2.75) is 51.1 Å². The molecule has 1 heterocycles. The topological polar surface area (TPSA) is 123 Å². The molecule has 152 valence electrons. The summed E-state index contributed by atoms with van der Waals surface area (Å²) in [5, 5.41) is 27.6. The third-order valence-electron chi connectivity index (χ3n) is 4.04. The van der Waals surface area contributed by atoms with Crippen molar-refractivity contribution in [3.8, 4) is 0 Å². The van der Waals surface area contributed by atoms with E-state index in [9.17, 15) is 19.8 Å². The van der Waals surface area contributed by atoms with Gasteiger partial charge in [0.1, 0.15) is 17.8 Å². The van der Waals surface area contributed by atoms with Crippen molar-refractivity contribution in [2.75, 3.05) is 20.3 Å². The Kier molecular flexibility index (Phi) is 8.84. The number of carbonyl (C=O) groups excluding carboxylic acids is 2. The van der Waals surface area contributed by atoms with Gasteiger partial charge in [-0.15, -0.1) is 0 Å². The van der Waals surface area contributed by atoms with Crippen LogP contribution in [0.4, 0.5) is 0 Å². The van der Waals surface area contributed by atoms with Crippen molar-refractivity contribution >= 4 is 11.8 Å². The number of ether oxygens (including phenoxy) is 3. The van der Waals surface area contributed by atoms with Gasteiger partial charge in [0.15, 0.2) is 17.1 Å². The van der Waals surface area contributed by atoms with E-state index in [1.54, 1.807) is 38.2 Å². The molecule has 1 rings (SSSR count). The van der Waals surface area contributed by atoms with E-state index in [4.69, 9.17) is 19.3 Å². The first-order chi connectivity index (χ1) is 12.7. The number of carbonyl (C=O) groups is 2. The summed E-state index contributed by atoms with van der Waals surface area (Å²) in [6, 6.07) is 0. The Balaban J connectivity index is 2.85. The molecule has 0 saturated carbocycles. The molecule has 0 aliphatic carbocycles. The Labute approximate surface area is 158 Å². The summed E-state index contributed by atoms with van der Waals surface area (Å²) in [7, 11) is 1.36. The molecular formula is C19H28O8. The lowest BCUT2D eigenvalue weighted by atomic mass is 9.98. The van der Waals surface area contributed by atoms with Crippen LogP contribution in [0.15, 0.2) is 35.6 Å². The minimum atomic E-state index is -1.33. The maximum absolute atomic E-state index is 12.6. The largest absolute Gasteiger partial charge is 0.495 e. The summed E-state index contributed by atoms with van der Waals surface area (Å²) in [5.41, 5.74) is -1.35.